The summed E-state index contributed by atoms with van der Waals surface area (Å²) in [6.07, 6.45) is 4.87. The Hall–Kier alpha value is -0.130. The van der Waals surface area contributed by atoms with E-state index < -0.39 is 9.92 Å². The first-order valence-corrected chi connectivity index (χ1v) is 6.61. The Morgan fingerprint density at radius 3 is 2.54 bits per heavy atom. The molecule has 3 N–H and O–H groups in total. The van der Waals surface area contributed by atoms with Crippen LogP contribution >= 0.6 is 0 Å². The number of rotatable bonds is 2. The van der Waals surface area contributed by atoms with Crippen molar-refractivity contribution in [2.24, 2.45) is 15.4 Å². The van der Waals surface area contributed by atoms with Crippen LogP contribution in [0.15, 0.2) is 4.36 Å². The summed E-state index contributed by atoms with van der Waals surface area (Å²) in [4.78, 5) is 0. The molecule has 0 aromatic carbocycles. The van der Waals surface area contributed by atoms with Gasteiger partial charge in [-0.1, -0.05) is 0 Å². The maximum Gasteiger partial charge on any atom is 0.102 e. The summed E-state index contributed by atoms with van der Waals surface area (Å²) < 4.78 is 15.5. The molecule has 3 aliphatic rings. The topological polar surface area (TPSA) is 67.5 Å². The fourth-order valence-electron chi connectivity index (χ4n) is 2.65. The molecule has 0 amide bonds. The molecular weight excluding hydrogens is 186 g/mol. The van der Waals surface area contributed by atoms with Crippen LogP contribution in [0.4, 0.5) is 0 Å². The highest BCUT2D eigenvalue weighted by Gasteiger charge is 2.55. The molecular formula is C8H17N3OS. The van der Waals surface area contributed by atoms with E-state index in [2.05, 4.69) is 9.68 Å². The van der Waals surface area contributed by atoms with Crippen LogP contribution in [-0.2, 0) is 9.92 Å². The van der Waals surface area contributed by atoms with Crippen molar-refractivity contribution >= 4 is 9.92 Å². The monoisotopic (exact) mass is 203 g/mol. The van der Waals surface area contributed by atoms with Gasteiger partial charge in [0.2, 0.25) is 0 Å². The van der Waals surface area contributed by atoms with E-state index in [0.717, 1.165) is 6.42 Å². The molecule has 3 aliphatic carbocycles. The fraction of sp³-hybridized carbons (Fsp3) is 1.00. The predicted molar refractivity (Wildman–Crippen MR) is 53.6 cm³/mol. The molecule has 13 heavy (non-hydrogen) atoms. The van der Waals surface area contributed by atoms with E-state index in [9.17, 15) is 4.21 Å². The van der Waals surface area contributed by atoms with E-state index in [1.54, 1.807) is 0 Å². The first-order valence-electron chi connectivity index (χ1n) is 4.62. The van der Waals surface area contributed by atoms with Gasteiger partial charge in [0.15, 0.2) is 0 Å². The molecule has 0 saturated heterocycles. The van der Waals surface area contributed by atoms with Crippen LogP contribution in [0, 0.1) is 5.92 Å². The summed E-state index contributed by atoms with van der Waals surface area (Å²) in [6.45, 7) is 0. The van der Waals surface area contributed by atoms with Gasteiger partial charge in [-0.3, -0.25) is 0 Å². The normalized spacial score (nSPS) is 46.7. The lowest BCUT2D eigenvalue weighted by atomic mass is 9.77. The molecule has 2 atom stereocenters. The lowest BCUT2D eigenvalue weighted by molar-refractivity contribution is 0.201. The summed E-state index contributed by atoms with van der Waals surface area (Å²) in [6, 6.07) is 0.231. The second kappa shape index (κ2) is 2.68. The second-order valence-corrected chi connectivity index (χ2v) is 6.37. The van der Waals surface area contributed by atoms with Gasteiger partial charge in [0.1, 0.15) is 9.92 Å². The smallest absolute Gasteiger partial charge is 0.102 e. The van der Waals surface area contributed by atoms with E-state index in [4.69, 9.17) is 5.14 Å². The first kappa shape index (κ1) is 9.43. The summed E-state index contributed by atoms with van der Waals surface area (Å²) in [5.74, 6) is 0.622. The van der Waals surface area contributed by atoms with Gasteiger partial charge in [0, 0.05) is 11.8 Å². The Labute approximate surface area is 79.6 Å². The number of nitrogens with two attached hydrogens (primary N) is 1. The lowest BCUT2D eigenvalue weighted by Gasteiger charge is -2.37. The highest BCUT2D eigenvalue weighted by molar-refractivity contribution is 7.90. The fourth-order valence-corrected chi connectivity index (χ4v) is 3.43. The van der Waals surface area contributed by atoms with Crippen LogP contribution in [0.3, 0.4) is 0 Å². The number of hydrogen-bond acceptors (Lipinski definition) is 3. The van der Waals surface area contributed by atoms with Gasteiger partial charge in [-0.05, 0) is 32.2 Å². The van der Waals surface area contributed by atoms with E-state index in [1.165, 1.54) is 19.1 Å². The molecule has 3 fully saturated rings. The van der Waals surface area contributed by atoms with Gasteiger partial charge in [-0.2, -0.15) is 0 Å². The Morgan fingerprint density at radius 1 is 1.54 bits per heavy atom. The minimum Gasteiger partial charge on any atom is -0.314 e. The largest absolute Gasteiger partial charge is 0.314 e. The second-order valence-electron chi connectivity index (χ2n) is 4.44. The molecule has 4 nitrogen and oxygen atoms in total. The number of hydrogen-bond donors (Lipinski definition) is 2. The molecule has 0 spiro atoms. The molecule has 0 radical (unpaired) electrons. The van der Waals surface area contributed by atoms with Crippen molar-refractivity contribution in [3.63, 3.8) is 0 Å². The molecule has 0 aliphatic heterocycles. The minimum absolute atomic E-state index is 0.231. The van der Waals surface area contributed by atoms with Crippen LogP contribution in [0.1, 0.15) is 19.3 Å². The van der Waals surface area contributed by atoms with Crippen molar-refractivity contribution in [3.05, 3.63) is 0 Å². The summed E-state index contributed by atoms with van der Waals surface area (Å²) >= 11 is 0. The molecule has 3 rings (SSSR count). The summed E-state index contributed by atoms with van der Waals surface area (Å²) in [7, 11) is -0.411. The third-order valence-electron chi connectivity index (χ3n) is 3.32. The SMILES string of the molecule is CNC12CC(C1)C(N=S(C)(N)=O)C2. The van der Waals surface area contributed by atoms with Crippen molar-refractivity contribution in [3.8, 4) is 0 Å². The maximum absolute atomic E-state index is 11.3. The Bertz CT molecular complexity index is 318. The molecule has 76 valence electrons. The summed E-state index contributed by atoms with van der Waals surface area (Å²) in [5, 5.41) is 8.75. The third kappa shape index (κ3) is 1.60. The lowest BCUT2D eigenvalue weighted by Crippen LogP contribution is -2.46. The predicted octanol–water partition coefficient (Wildman–Crippen LogP) is 0.0984. The van der Waals surface area contributed by atoms with Gasteiger partial charge < -0.3 is 5.32 Å². The number of nitrogens with one attached hydrogen (secondary N) is 1. The van der Waals surface area contributed by atoms with Gasteiger partial charge in [0.25, 0.3) is 0 Å². The van der Waals surface area contributed by atoms with Gasteiger partial charge in [-0.25, -0.2) is 13.7 Å². The van der Waals surface area contributed by atoms with Crippen LogP contribution in [0.25, 0.3) is 0 Å². The van der Waals surface area contributed by atoms with Crippen LogP contribution < -0.4 is 10.5 Å². The zero-order valence-corrected chi connectivity index (χ0v) is 8.93. The Morgan fingerprint density at radius 2 is 2.15 bits per heavy atom. The Kier molecular flexibility index (Phi) is 1.94. The maximum atomic E-state index is 11.3. The molecule has 0 aromatic rings. The van der Waals surface area contributed by atoms with Gasteiger partial charge >= 0.3 is 0 Å². The molecule has 2 unspecified atom stereocenters. The van der Waals surface area contributed by atoms with Crippen LogP contribution in [-0.4, -0.2) is 29.1 Å². The standard InChI is InChI=1S/C8H17N3OS/c1-10-8-3-6(4-8)7(5-8)11-13(2,9)12/h6-7,10H,3-5H2,1-2H3,(H2,9,11,12). The summed E-state index contributed by atoms with van der Waals surface area (Å²) in [5.41, 5.74) is 0.295. The molecule has 0 aromatic heterocycles. The number of fused-ring (bicyclic) bond motifs is 1. The van der Waals surface area contributed by atoms with Gasteiger partial charge in [-0.15, -0.1) is 0 Å². The van der Waals surface area contributed by atoms with E-state index in [-0.39, 0.29) is 6.04 Å². The molecule has 3 saturated carbocycles. The van der Waals surface area contributed by atoms with Crippen molar-refractivity contribution in [2.45, 2.75) is 30.8 Å². The van der Waals surface area contributed by atoms with Crippen molar-refractivity contribution < 1.29 is 4.21 Å². The van der Waals surface area contributed by atoms with Crippen molar-refractivity contribution in [1.82, 2.24) is 5.32 Å². The average molecular weight is 203 g/mol. The van der Waals surface area contributed by atoms with Crippen LogP contribution in [0.2, 0.25) is 0 Å². The molecule has 5 heteroatoms. The minimum atomic E-state index is -2.40. The molecule has 0 heterocycles. The highest BCUT2D eigenvalue weighted by Crippen LogP contribution is 2.53. The van der Waals surface area contributed by atoms with Crippen molar-refractivity contribution in [1.29, 1.82) is 0 Å². The van der Waals surface area contributed by atoms with Crippen molar-refractivity contribution in [2.75, 3.05) is 13.3 Å². The average Bonchev–Trinajstić information content (AvgIpc) is 2.36. The number of nitrogens with zero attached hydrogens (tertiary/aromatic N) is 1. The van der Waals surface area contributed by atoms with E-state index >= 15 is 0 Å². The quantitative estimate of drug-likeness (QED) is 0.668. The van der Waals surface area contributed by atoms with Gasteiger partial charge in [0.05, 0.1) is 6.04 Å². The Balaban J connectivity index is 2.13. The first-order chi connectivity index (χ1) is 5.94. The van der Waals surface area contributed by atoms with E-state index in [1.807, 2.05) is 7.05 Å². The zero-order chi connectivity index (χ0) is 9.69. The molecule has 2 bridgehead atoms. The zero-order valence-electron chi connectivity index (χ0n) is 8.12. The highest BCUT2D eigenvalue weighted by atomic mass is 32.2. The van der Waals surface area contributed by atoms with E-state index in [0.29, 0.717) is 11.5 Å². The van der Waals surface area contributed by atoms with Crippen LogP contribution in [0.5, 0.6) is 0 Å². The third-order valence-corrected chi connectivity index (χ3v) is 4.01.